The largest absolute Gasteiger partial charge is 0.497 e. The zero-order valence-electron chi connectivity index (χ0n) is 11.6. The fourth-order valence-electron chi connectivity index (χ4n) is 1.87. The van der Waals surface area contributed by atoms with Crippen molar-refractivity contribution in [2.24, 2.45) is 0 Å². The first-order valence-electron chi connectivity index (χ1n) is 6.28. The summed E-state index contributed by atoms with van der Waals surface area (Å²) < 4.78 is 15.7. The summed E-state index contributed by atoms with van der Waals surface area (Å²) in [5.41, 5.74) is 1.38. The van der Waals surface area contributed by atoms with Gasteiger partial charge in [0, 0.05) is 17.8 Å². The molecule has 2 aromatic heterocycles. The first-order chi connectivity index (χ1) is 10.3. The zero-order chi connectivity index (χ0) is 14.7. The van der Waals surface area contributed by atoms with Crippen molar-refractivity contribution in [3.05, 3.63) is 42.6 Å². The Morgan fingerprint density at radius 1 is 1.00 bits per heavy atom. The number of ether oxygens (including phenoxy) is 2. The Hall–Kier alpha value is -2.89. The van der Waals surface area contributed by atoms with E-state index in [1.54, 1.807) is 38.6 Å². The van der Waals surface area contributed by atoms with Crippen LogP contribution in [0.2, 0.25) is 0 Å². The topological polar surface area (TPSA) is 70.3 Å². The summed E-state index contributed by atoms with van der Waals surface area (Å²) in [5.74, 6) is 2.13. The smallest absolute Gasteiger partial charge is 0.258 e. The average molecular weight is 283 g/mol. The first-order valence-corrected chi connectivity index (χ1v) is 6.28. The normalized spacial score (nSPS) is 10.4. The summed E-state index contributed by atoms with van der Waals surface area (Å²) in [6, 6.07) is 10.9. The van der Waals surface area contributed by atoms with Crippen molar-refractivity contribution >= 4 is 0 Å². The molecule has 0 saturated heterocycles. The van der Waals surface area contributed by atoms with E-state index in [9.17, 15) is 0 Å². The highest BCUT2D eigenvalue weighted by Gasteiger charge is 2.13. The van der Waals surface area contributed by atoms with E-state index in [0.717, 1.165) is 5.56 Å². The van der Waals surface area contributed by atoms with E-state index in [0.29, 0.717) is 28.9 Å². The zero-order valence-corrected chi connectivity index (χ0v) is 11.6. The third kappa shape index (κ3) is 2.69. The van der Waals surface area contributed by atoms with Crippen LogP contribution >= 0.6 is 0 Å². The second kappa shape index (κ2) is 5.62. The second-order valence-corrected chi connectivity index (χ2v) is 4.24. The summed E-state index contributed by atoms with van der Waals surface area (Å²) in [7, 11) is 3.18. The molecule has 0 aliphatic rings. The van der Waals surface area contributed by atoms with Gasteiger partial charge >= 0.3 is 0 Å². The van der Waals surface area contributed by atoms with Gasteiger partial charge in [0.25, 0.3) is 5.89 Å². The van der Waals surface area contributed by atoms with Crippen LogP contribution in [0.25, 0.3) is 23.0 Å². The van der Waals surface area contributed by atoms with Gasteiger partial charge in [0.2, 0.25) is 5.82 Å². The van der Waals surface area contributed by atoms with Gasteiger partial charge in [0.15, 0.2) is 0 Å². The molecule has 0 aliphatic carbocycles. The van der Waals surface area contributed by atoms with Crippen molar-refractivity contribution in [1.82, 2.24) is 15.1 Å². The molecule has 0 atom stereocenters. The molecule has 106 valence electrons. The molecule has 0 amide bonds. The highest BCUT2D eigenvalue weighted by Crippen LogP contribution is 2.29. The van der Waals surface area contributed by atoms with E-state index < -0.39 is 0 Å². The highest BCUT2D eigenvalue weighted by atomic mass is 16.5. The summed E-state index contributed by atoms with van der Waals surface area (Å²) in [6.45, 7) is 0. The molecule has 21 heavy (non-hydrogen) atoms. The molecule has 0 spiro atoms. The van der Waals surface area contributed by atoms with Crippen LogP contribution in [-0.2, 0) is 0 Å². The number of methoxy groups -OCH3 is 2. The Balaban J connectivity index is 2.00. The minimum Gasteiger partial charge on any atom is -0.497 e. The van der Waals surface area contributed by atoms with E-state index in [1.165, 1.54) is 0 Å². The molecule has 6 heteroatoms. The summed E-state index contributed by atoms with van der Waals surface area (Å²) in [4.78, 5) is 8.54. The molecule has 0 radical (unpaired) electrons. The number of pyridine rings is 1. The Bertz CT molecular complexity index is 719. The van der Waals surface area contributed by atoms with Crippen LogP contribution in [0.3, 0.4) is 0 Å². The molecule has 3 rings (SSSR count). The van der Waals surface area contributed by atoms with Crippen LogP contribution in [0, 0.1) is 0 Å². The molecular formula is C15H13N3O3. The Kier molecular flexibility index (Phi) is 3.51. The highest BCUT2D eigenvalue weighted by molar-refractivity contribution is 5.61. The predicted molar refractivity (Wildman–Crippen MR) is 76.1 cm³/mol. The van der Waals surface area contributed by atoms with Crippen LogP contribution in [0.15, 0.2) is 47.1 Å². The van der Waals surface area contributed by atoms with Crippen LogP contribution in [0.1, 0.15) is 0 Å². The lowest BCUT2D eigenvalue weighted by Crippen LogP contribution is -1.89. The molecular weight excluding hydrogens is 270 g/mol. The number of rotatable bonds is 4. The minimum atomic E-state index is 0.382. The second-order valence-electron chi connectivity index (χ2n) is 4.24. The van der Waals surface area contributed by atoms with Crippen molar-refractivity contribution in [3.63, 3.8) is 0 Å². The van der Waals surface area contributed by atoms with E-state index in [1.807, 2.05) is 18.2 Å². The number of hydrogen-bond donors (Lipinski definition) is 0. The van der Waals surface area contributed by atoms with Gasteiger partial charge in [-0.05, 0) is 24.3 Å². The molecule has 1 aromatic carbocycles. The van der Waals surface area contributed by atoms with Crippen molar-refractivity contribution in [1.29, 1.82) is 0 Å². The fraction of sp³-hybridized carbons (Fsp3) is 0.133. The molecule has 0 N–H and O–H groups in total. The van der Waals surface area contributed by atoms with E-state index in [2.05, 4.69) is 15.1 Å². The lowest BCUT2D eigenvalue weighted by Gasteiger charge is -2.05. The van der Waals surface area contributed by atoms with Gasteiger partial charge in [-0.3, -0.25) is 4.98 Å². The molecule has 0 bridgehead atoms. The lowest BCUT2D eigenvalue weighted by atomic mass is 10.2. The molecule has 2 heterocycles. The third-order valence-corrected chi connectivity index (χ3v) is 2.92. The van der Waals surface area contributed by atoms with Gasteiger partial charge in [0.1, 0.15) is 17.2 Å². The van der Waals surface area contributed by atoms with E-state index in [4.69, 9.17) is 14.0 Å². The number of nitrogens with zero attached hydrogens (tertiary/aromatic N) is 3. The van der Waals surface area contributed by atoms with Gasteiger partial charge in [-0.15, -0.1) is 0 Å². The van der Waals surface area contributed by atoms with Gasteiger partial charge in [-0.1, -0.05) is 11.2 Å². The van der Waals surface area contributed by atoms with Gasteiger partial charge in [-0.2, -0.15) is 4.98 Å². The SMILES string of the molecule is COc1cc(OC)cc(-c2nc(-c3ccccn3)no2)c1. The number of hydrogen-bond acceptors (Lipinski definition) is 6. The maximum atomic E-state index is 5.29. The third-order valence-electron chi connectivity index (χ3n) is 2.92. The van der Waals surface area contributed by atoms with Gasteiger partial charge in [-0.25, -0.2) is 0 Å². The molecule has 3 aromatic rings. The van der Waals surface area contributed by atoms with Gasteiger partial charge in [0.05, 0.1) is 14.2 Å². The molecule has 6 nitrogen and oxygen atoms in total. The number of aromatic nitrogens is 3. The van der Waals surface area contributed by atoms with Crippen molar-refractivity contribution < 1.29 is 14.0 Å². The van der Waals surface area contributed by atoms with E-state index in [-0.39, 0.29) is 0 Å². The number of benzene rings is 1. The summed E-state index contributed by atoms with van der Waals surface area (Å²) >= 11 is 0. The predicted octanol–water partition coefficient (Wildman–Crippen LogP) is 2.82. The molecule has 0 aliphatic heterocycles. The fourth-order valence-corrected chi connectivity index (χ4v) is 1.87. The molecule has 0 saturated carbocycles. The van der Waals surface area contributed by atoms with Crippen LogP contribution in [0.5, 0.6) is 11.5 Å². The Labute approximate surface area is 121 Å². The van der Waals surface area contributed by atoms with Crippen LogP contribution < -0.4 is 9.47 Å². The average Bonchev–Trinajstić information content (AvgIpc) is 3.05. The van der Waals surface area contributed by atoms with Crippen molar-refractivity contribution in [2.45, 2.75) is 0 Å². The van der Waals surface area contributed by atoms with E-state index >= 15 is 0 Å². The van der Waals surface area contributed by atoms with Crippen molar-refractivity contribution in [2.75, 3.05) is 14.2 Å². The Morgan fingerprint density at radius 3 is 2.38 bits per heavy atom. The Morgan fingerprint density at radius 2 is 1.76 bits per heavy atom. The summed E-state index contributed by atoms with van der Waals surface area (Å²) in [6.07, 6.45) is 1.68. The maximum Gasteiger partial charge on any atom is 0.258 e. The summed E-state index contributed by atoms with van der Waals surface area (Å²) in [5, 5.41) is 3.94. The first kappa shape index (κ1) is 13.1. The lowest BCUT2D eigenvalue weighted by molar-refractivity contribution is 0.393. The standard InChI is InChI=1S/C15H13N3O3/c1-19-11-7-10(8-12(9-11)20-2)15-17-14(18-21-15)13-5-3-4-6-16-13/h3-9H,1-2H3. The quantitative estimate of drug-likeness (QED) is 0.733. The minimum absolute atomic E-state index is 0.382. The van der Waals surface area contributed by atoms with Crippen LogP contribution in [0.4, 0.5) is 0 Å². The van der Waals surface area contributed by atoms with Crippen molar-refractivity contribution in [3.8, 4) is 34.5 Å². The molecule has 0 fully saturated rings. The van der Waals surface area contributed by atoms with Crippen LogP contribution in [-0.4, -0.2) is 29.3 Å². The maximum absolute atomic E-state index is 5.29. The monoisotopic (exact) mass is 283 g/mol. The molecule has 0 unspecified atom stereocenters. The van der Waals surface area contributed by atoms with Gasteiger partial charge < -0.3 is 14.0 Å².